The van der Waals surface area contributed by atoms with Crippen molar-refractivity contribution in [1.29, 1.82) is 0 Å². The monoisotopic (exact) mass is 284 g/mol. The Morgan fingerprint density at radius 2 is 1.95 bits per heavy atom. The maximum atomic E-state index is 13.2. The molecule has 20 heavy (non-hydrogen) atoms. The van der Waals surface area contributed by atoms with Gasteiger partial charge in [0.05, 0.1) is 11.1 Å². The molecule has 0 bridgehead atoms. The molecule has 0 aliphatic rings. The van der Waals surface area contributed by atoms with Crippen LogP contribution in [0.5, 0.6) is 0 Å². The molecule has 0 aliphatic carbocycles. The average Bonchev–Trinajstić information content (AvgIpc) is 2.74. The predicted octanol–water partition coefficient (Wildman–Crippen LogP) is 4.00. The standard InChI is InChI=1S/C15H19F3N2/c1-10(2)20-9-11(7-8-19-3)12-5-4-6-13(14(12)20)15(16,17)18/h4-6,9-10,19H,7-8H2,1-3H3. The maximum Gasteiger partial charge on any atom is 0.418 e. The zero-order chi connectivity index (χ0) is 14.9. The number of rotatable bonds is 4. The van der Waals surface area contributed by atoms with E-state index in [1.807, 2.05) is 27.1 Å². The van der Waals surface area contributed by atoms with E-state index in [2.05, 4.69) is 5.32 Å². The van der Waals surface area contributed by atoms with Gasteiger partial charge in [0, 0.05) is 17.6 Å². The van der Waals surface area contributed by atoms with Crippen LogP contribution in [0, 0.1) is 0 Å². The molecule has 0 saturated carbocycles. The Morgan fingerprint density at radius 3 is 2.50 bits per heavy atom. The van der Waals surface area contributed by atoms with Crippen LogP contribution >= 0.6 is 0 Å². The number of nitrogens with zero attached hydrogens (tertiary/aromatic N) is 1. The van der Waals surface area contributed by atoms with E-state index in [-0.39, 0.29) is 6.04 Å². The summed E-state index contributed by atoms with van der Waals surface area (Å²) in [7, 11) is 1.84. The number of alkyl halides is 3. The highest BCUT2D eigenvalue weighted by Gasteiger charge is 2.34. The van der Waals surface area contributed by atoms with E-state index < -0.39 is 11.7 Å². The number of likely N-dealkylation sites (N-methyl/N-ethyl adjacent to an activating group) is 1. The van der Waals surface area contributed by atoms with Crippen LogP contribution in [0.3, 0.4) is 0 Å². The van der Waals surface area contributed by atoms with Gasteiger partial charge in [-0.25, -0.2) is 0 Å². The second-order valence-corrected chi connectivity index (χ2v) is 5.21. The smallest absolute Gasteiger partial charge is 0.344 e. The van der Waals surface area contributed by atoms with E-state index in [0.29, 0.717) is 17.3 Å². The van der Waals surface area contributed by atoms with E-state index in [0.717, 1.165) is 18.2 Å². The highest BCUT2D eigenvalue weighted by atomic mass is 19.4. The van der Waals surface area contributed by atoms with Crippen LogP contribution in [0.1, 0.15) is 31.0 Å². The van der Waals surface area contributed by atoms with Crippen LogP contribution in [0.2, 0.25) is 0 Å². The van der Waals surface area contributed by atoms with Crippen LogP contribution in [-0.4, -0.2) is 18.2 Å². The Bertz CT molecular complexity index is 597. The molecule has 110 valence electrons. The molecule has 0 spiro atoms. The van der Waals surface area contributed by atoms with Gasteiger partial charge >= 0.3 is 6.18 Å². The fraction of sp³-hybridized carbons (Fsp3) is 0.467. The van der Waals surface area contributed by atoms with Gasteiger partial charge in [-0.15, -0.1) is 0 Å². The number of para-hydroxylation sites is 1. The van der Waals surface area contributed by atoms with Crippen molar-refractivity contribution in [3.63, 3.8) is 0 Å². The molecule has 1 aromatic heterocycles. The third-order valence-corrected chi connectivity index (χ3v) is 3.44. The first-order valence-electron chi connectivity index (χ1n) is 6.70. The molecule has 0 radical (unpaired) electrons. The zero-order valence-electron chi connectivity index (χ0n) is 11.9. The number of benzene rings is 1. The zero-order valence-corrected chi connectivity index (χ0v) is 11.9. The number of aromatic nitrogens is 1. The molecule has 2 aromatic rings. The Balaban J connectivity index is 2.69. The lowest BCUT2D eigenvalue weighted by Gasteiger charge is -2.14. The first-order valence-corrected chi connectivity index (χ1v) is 6.70. The molecule has 2 nitrogen and oxygen atoms in total. The van der Waals surface area contributed by atoms with Crippen molar-refractivity contribution in [2.24, 2.45) is 0 Å². The fourth-order valence-electron chi connectivity index (χ4n) is 2.48. The molecule has 1 N–H and O–H groups in total. The van der Waals surface area contributed by atoms with Crippen molar-refractivity contribution in [2.45, 2.75) is 32.5 Å². The molecular weight excluding hydrogens is 265 g/mol. The molecule has 0 atom stereocenters. The largest absolute Gasteiger partial charge is 0.418 e. The summed E-state index contributed by atoms with van der Waals surface area (Å²) in [6, 6.07) is 4.40. The molecule has 0 aliphatic heterocycles. The summed E-state index contributed by atoms with van der Waals surface area (Å²) in [5.41, 5.74) is 0.690. The third kappa shape index (κ3) is 2.68. The van der Waals surface area contributed by atoms with E-state index >= 15 is 0 Å². The van der Waals surface area contributed by atoms with Crippen LogP contribution in [0.25, 0.3) is 10.9 Å². The molecule has 0 fully saturated rings. The molecule has 0 unspecified atom stereocenters. The lowest BCUT2D eigenvalue weighted by Crippen LogP contribution is -2.10. The van der Waals surface area contributed by atoms with Crippen LogP contribution in [0.4, 0.5) is 13.2 Å². The second kappa shape index (κ2) is 5.48. The summed E-state index contributed by atoms with van der Waals surface area (Å²) in [6.07, 6.45) is -1.76. The minimum absolute atomic E-state index is 0.00987. The van der Waals surface area contributed by atoms with E-state index in [1.54, 1.807) is 10.6 Å². The summed E-state index contributed by atoms with van der Waals surface area (Å²) in [4.78, 5) is 0. The Morgan fingerprint density at radius 1 is 1.25 bits per heavy atom. The van der Waals surface area contributed by atoms with Crippen LogP contribution in [0.15, 0.2) is 24.4 Å². The number of hydrogen-bond donors (Lipinski definition) is 1. The normalized spacial score (nSPS) is 12.6. The highest BCUT2D eigenvalue weighted by molar-refractivity contribution is 5.87. The van der Waals surface area contributed by atoms with E-state index in [9.17, 15) is 13.2 Å². The third-order valence-electron chi connectivity index (χ3n) is 3.44. The molecule has 0 amide bonds. The van der Waals surface area contributed by atoms with Crippen molar-refractivity contribution in [1.82, 2.24) is 9.88 Å². The van der Waals surface area contributed by atoms with Crippen molar-refractivity contribution in [3.8, 4) is 0 Å². The molecular formula is C15H19F3N2. The number of hydrogen-bond acceptors (Lipinski definition) is 1. The maximum absolute atomic E-state index is 13.2. The average molecular weight is 284 g/mol. The van der Waals surface area contributed by atoms with Gasteiger partial charge in [-0.05, 0) is 45.5 Å². The minimum Gasteiger partial charge on any atom is -0.344 e. The second-order valence-electron chi connectivity index (χ2n) is 5.21. The Labute approximate surface area is 116 Å². The first kappa shape index (κ1) is 14.9. The van der Waals surface area contributed by atoms with Crippen molar-refractivity contribution < 1.29 is 13.2 Å². The molecule has 2 rings (SSSR count). The molecule has 1 heterocycles. The number of nitrogens with one attached hydrogen (secondary N) is 1. The van der Waals surface area contributed by atoms with Gasteiger partial charge in [0.15, 0.2) is 0 Å². The lowest BCUT2D eigenvalue weighted by molar-refractivity contribution is -0.136. The summed E-state index contributed by atoms with van der Waals surface area (Å²) < 4.78 is 41.3. The quantitative estimate of drug-likeness (QED) is 0.898. The predicted molar refractivity (Wildman–Crippen MR) is 75.0 cm³/mol. The topological polar surface area (TPSA) is 17.0 Å². The summed E-state index contributed by atoms with van der Waals surface area (Å²) in [5, 5.41) is 3.73. The fourth-order valence-corrected chi connectivity index (χ4v) is 2.48. The van der Waals surface area contributed by atoms with Gasteiger partial charge in [-0.2, -0.15) is 13.2 Å². The van der Waals surface area contributed by atoms with E-state index in [1.165, 1.54) is 6.07 Å². The number of fused-ring (bicyclic) bond motifs is 1. The van der Waals surface area contributed by atoms with Gasteiger partial charge in [0.1, 0.15) is 0 Å². The molecule has 5 heteroatoms. The minimum atomic E-state index is -4.33. The van der Waals surface area contributed by atoms with Crippen molar-refractivity contribution >= 4 is 10.9 Å². The molecule has 1 aromatic carbocycles. The van der Waals surface area contributed by atoms with Gasteiger partial charge in [-0.3, -0.25) is 0 Å². The summed E-state index contributed by atoms with van der Waals surface area (Å²) in [5.74, 6) is 0. The lowest BCUT2D eigenvalue weighted by atomic mass is 10.1. The van der Waals surface area contributed by atoms with Gasteiger partial charge in [0.25, 0.3) is 0 Å². The van der Waals surface area contributed by atoms with Crippen molar-refractivity contribution in [3.05, 3.63) is 35.5 Å². The Kier molecular flexibility index (Phi) is 4.09. The Hall–Kier alpha value is -1.49. The summed E-state index contributed by atoms with van der Waals surface area (Å²) in [6.45, 7) is 4.54. The van der Waals surface area contributed by atoms with Crippen LogP contribution < -0.4 is 5.32 Å². The highest BCUT2D eigenvalue weighted by Crippen LogP contribution is 2.37. The van der Waals surface area contributed by atoms with Gasteiger partial charge in [-0.1, -0.05) is 12.1 Å². The van der Waals surface area contributed by atoms with Gasteiger partial charge in [0.2, 0.25) is 0 Å². The van der Waals surface area contributed by atoms with Crippen molar-refractivity contribution in [2.75, 3.05) is 13.6 Å². The van der Waals surface area contributed by atoms with E-state index in [4.69, 9.17) is 0 Å². The van der Waals surface area contributed by atoms with Gasteiger partial charge < -0.3 is 9.88 Å². The first-order chi connectivity index (χ1) is 9.36. The summed E-state index contributed by atoms with van der Waals surface area (Å²) >= 11 is 0. The molecule has 0 saturated heterocycles. The number of halogens is 3. The SMILES string of the molecule is CNCCc1cn(C(C)C)c2c(C(F)(F)F)cccc12. The van der Waals surface area contributed by atoms with Crippen LogP contribution in [-0.2, 0) is 12.6 Å².